The molecule has 0 atom stereocenters. The molecular formula is C16H16N2O4. The molecule has 2 rings (SSSR count). The molecule has 3 N–H and O–H groups in total. The van der Waals surface area contributed by atoms with E-state index in [2.05, 4.69) is 5.32 Å². The topological polar surface area (TPSA) is 91.6 Å². The van der Waals surface area contributed by atoms with Gasteiger partial charge >= 0.3 is 6.09 Å². The van der Waals surface area contributed by atoms with Crippen molar-refractivity contribution < 1.29 is 19.4 Å². The molecular weight excluding hydrogens is 284 g/mol. The fraction of sp³-hybridized carbons (Fsp3) is 0.125. The number of benzene rings is 2. The maximum absolute atomic E-state index is 11.6. The van der Waals surface area contributed by atoms with Gasteiger partial charge in [-0.05, 0) is 42.0 Å². The molecule has 0 saturated carbocycles. The number of hydrogen-bond acceptors (Lipinski definition) is 5. The molecule has 0 bridgehead atoms. The Balaban J connectivity index is 1.84. The van der Waals surface area contributed by atoms with Crippen molar-refractivity contribution in [2.45, 2.75) is 6.61 Å². The summed E-state index contributed by atoms with van der Waals surface area (Å²) < 4.78 is 10.1. The van der Waals surface area contributed by atoms with Crippen LogP contribution in [0.4, 0.5) is 4.79 Å². The predicted molar refractivity (Wildman–Crippen MR) is 81.3 cm³/mol. The van der Waals surface area contributed by atoms with E-state index < -0.39 is 6.09 Å². The summed E-state index contributed by atoms with van der Waals surface area (Å²) in [5.74, 6) is 0.723. The van der Waals surface area contributed by atoms with Gasteiger partial charge in [-0.2, -0.15) is 0 Å². The minimum absolute atomic E-state index is 0.0959. The second-order valence-corrected chi connectivity index (χ2v) is 4.47. The molecule has 2 aromatic carbocycles. The first-order valence-corrected chi connectivity index (χ1v) is 6.53. The van der Waals surface area contributed by atoms with Crippen molar-refractivity contribution in [2.75, 3.05) is 7.11 Å². The summed E-state index contributed by atoms with van der Waals surface area (Å²) in [6.07, 6.45) is -0.714. The highest BCUT2D eigenvalue weighted by Gasteiger charge is 2.08. The summed E-state index contributed by atoms with van der Waals surface area (Å²) in [7, 11) is 1.58. The van der Waals surface area contributed by atoms with Gasteiger partial charge in [0.15, 0.2) is 0 Å². The van der Waals surface area contributed by atoms with E-state index in [9.17, 15) is 9.90 Å². The number of ether oxygens (including phenoxy) is 2. The van der Waals surface area contributed by atoms with Crippen LogP contribution in [0.3, 0.4) is 0 Å². The zero-order valence-electron chi connectivity index (χ0n) is 12.0. The van der Waals surface area contributed by atoms with Gasteiger partial charge in [0.25, 0.3) is 0 Å². The summed E-state index contributed by atoms with van der Waals surface area (Å²) in [5.41, 5.74) is 1.28. The zero-order chi connectivity index (χ0) is 15.9. The standard InChI is InChI=1S/C16H16N2O4/c1-21-14-8-2-11(3-9-14)10-22-16(20)18-15(17)12-4-6-13(19)7-5-12/h2-9,19H,10H2,1H3,(H2,17,18,20). The Hall–Kier alpha value is -3.02. The van der Waals surface area contributed by atoms with Crippen LogP contribution in [0.15, 0.2) is 48.5 Å². The van der Waals surface area contributed by atoms with Crippen molar-refractivity contribution in [3.63, 3.8) is 0 Å². The Labute approximate surface area is 127 Å². The lowest BCUT2D eigenvalue weighted by Crippen LogP contribution is -2.30. The van der Waals surface area contributed by atoms with E-state index in [1.807, 2.05) is 0 Å². The van der Waals surface area contributed by atoms with Crippen LogP contribution >= 0.6 is 0 Å². The van der Waals surface area contributed by atoms with E-state index >= 15 is 0 Å². The molecule has 6 heteroatoms. The van der Waals surface area contributed by atoms with Gasteiger partial charge in [0.05, 0.1) is 7.11 Å². The molecule has 0 aromatic heterocycles. The summed E-state index contributed by atoms with van der Waals surface area (Å²) in [6.45, 7) is 0.0959. The molecule has 0 aliphatic rings. The van der Waals surface area contributed by atoms with Crippen LogP contribution in [-0.2, 0) is 11.3 Å². The largest absolute Gasteiger partial charge is 0.508 e. The highest BCUT2D eigenvalue weighted by molar-refractivity contribution is 6.04. The number of carbonyl (C=O) groups excluding carboxylic acids is 1. The van der Waals surface area contributed by atoms with Gasteiger partial charge in [-0.25, -0.2) is 4.79 Å². The number of phenolic OH excluding ortho intramolecular Hbond substituents is 1. The third kappa shape index (κ3) is 4.24. The molecule has 22 heavy (non-hydrogen) atoms. The third-order valence-corrected chi connectivity index (χ3v) is 2.91. The fourth-order valence-electron chi connectivity index (χ4n) is 1.71. The van der Waals surface area contributed by atoms with E-state index in [4.69, 9.17) is 14.9 Å². The van der Waals surface area contributed by atoms with Crippen molar-refractivity contribution in [3.05, 3.63) is 59.7 Å². The first-order chi connectivity index (χ1) is 10.6. The lowest BCUT2D eigenvalue weighted by atomic mass is 10.2. The molecule has 0 unspecified atom stereocenters. The average molecular weight is 300 g/mol. The smallest absolute Gasteiger partial charge is 0.413 e. The molecule has 0 saturated heterocycles. The van der Waals surface area contributed by atoms with E-state index in [1.165, 1.54) is 24.3 Å². The molecule has 6 nitrogen and oxygen atoms in total. The molecule has 0 aliphatic carbocycles. The molecule has 1 amide bonds. The number of amides is 1. The third-order valence-electron chi connectivity index (χ3n) is 2.91. The Kier molecular flexibility index (Phi) is 4.98. The highest BCUT2D eigenvalue weighted by atomic mass is 16.5. The molecule has 0 fully saturated rings. The summed E-state index contributed by atoms with van der Waals surface area (Å²) in [5, 5.41) is 19.3. The van der Waals surface area contributed by atoms with Crippen molar-refractivity contribution >= 4 is 11.9 Å². The first kappa shape index (κ1) is 15.4. The average Bonchev–Trinajstić information content (AvgIpc) is 2.54. The second kappa shape index (κ2) is 7.12. The number of aromatic hydroxyl groups is 1. The molecule has 0 radical (unpaired) electrons. The number of carbonyl (C=O) groups is 1. The monoisotopic (exact) mass is 300 g/mol. The number of alkyl carbamates (subject to hydrolysis) is 1. The maximum atomic E-state index is 11.6. The second-order valence-electron chi connectivity index (χ2n) is 4.47. The normalized spacial score (nSPS) is 9.86. The quantitative estimate of drug-likeness (QED) is 0.598. The summed E-state index contributed by atoms with van der Waals surface area (Å²) in [4.78, 5) is 11.6. The van der Waals surface area contributed by atoms with Gasteiger partial charge < -0.3 is 14.6 Å². The van der Waals surface area contributed by atoms with Crippen LogP contribution < -0.4 is 10.1 Å². The van der Waals surface area contributed by atoms with Crippen LogP contribution in [0.25, 0.3) is 0 Å². The Morgan fingerprint density at radius 2 is 1.77 bits per heavy atom. The number of rotatable bonds is 4. The molecule has 0 spiro atoms. The highest BCUT2D eigenvalue weighted by Crippen LogP contribution is 2.12. The van der Waals surface area contributed by atoms with Gasteiger partial charge in [0.2, 0.25) is 0 Å². The number of methoxy groups -OCH3 is 1. The van der Waals surface area contributed by atoms with Gasteiger partial charge in [-0.1, -0.05) is 12.1 Å². The molecule has 2 aromatic rings. The maximum Gasteiger partial charge on any atom is 0.413 e. The van der Waals surface area contributed by atoms with E-state index in [1.54, 1.807) is 31.4 Å². The van der Waals surface area contributed by atoms with Crippen LogP contribution in [-0.4, -0.2) is 24.1 Å². The minimum atomic E-state index is -0.714. The summed E-state index contributed by atoms with van der Waals surface area (Å²) >= 11 is 0. The fourth-order valence-corrected chi connectivity index (χ4v) is 1.71. The molecule has 0 heterocycles. The van der Waals surface area contributed by atoms with Crippen molar-refractivity contribution in [1.82, 2.24) is 5.32 Å². The minimum Gasteiger partial charge on any atom is -0.508 e. The van der Waals surface area contributed by atoms with Crippen LogP contribution in [0, 0.1) is 5.41 Å². The Morgan fingerprint density at radius 3 is 2.36 bits per heavy atom. The number of amidine groups is 1. The lowest BCUT2D eigenvalue weighted by Gasteiger charge is -2.08. The van der Waals surface area contributed by atoms with Gasteiger partial charge in [-0.15, -0.1) is 0 Å². The number of nitrogens with one attached hydrogen (secondary N) is 2. The Bertz CT molecular complexity index is 651. The lowest BCUT2D eigenvalue weighted by molar-refractivity contribution is 0.145. The van der Waals surface area contributed by atoms with Crippen LogP contribution in [0.2, 0.25) is 0 Å². The van der Waals surface area contributed by atoms with Crippen molar-refractivity contribution in [2.24, 2.45) is 0 Å². The summed E-state index contributed by atoms with van der Waals surface area (Å²) in [6, 6.07) is 13.1. The van der Waals surface area contributed by atoms with Gasteiger partial charge in [0.1, 0.15) is 23.9 Å². The number of hydrogen-bond donors (Lipinski definition) is 3. The van der Waals surface area contributed by atoms with Crippen molar-refractivity contribution in [1.29, 1.82) is 5.41 Å². The van der Waals surface area contributed by atoms with Gasteiger partial charge in [0, 0.05) is 5.56 Å². The van der Waals surface area contributed by atoms with E-state index in [0.717, 1.165) is 11.3 Å². The molecule has 0 aliphatic heterocycles. The predicted octanol–water partition coefficient (Wildman–Crippen LogP) is 2.65. The van der Waals surface area contributed by atoms with E-state index in [-0.39, 0.29) is 18.2 Å². The zero-order valence-corrected chi connectivity index (χ0v) is 12.0. The van der Waals surface area contributed by atoms with Crippen LogP contribution in [0.5, 0.6) is 11.5 Å². The van der Waals surface area contributed by atoms with E-state index in [0.29, 0.717) is 5.56 Å². The van der Waals surface area contributed by atoms with Crippen LogP contribution in [0.1, 0.15) is 11.1 Å². The number of phenols is 1. The molecule has 114 valence electrons. The Morgan fingerprint density at radius 1 is 1.14 bits per heavy atom. The van der Waals surface area contributed by atoms with Crippen molar-refractivity contribution in [3.8, 4) is 11.5 Å². The first-order valence-electron chi connectivity index (χ1n) is 6.53. The van der Waals surface area contributed by atoms with Gasteiger partial charge in [-0.3, -0.25) is 10.7 Å². The SMILES string of the molecule is COc1ccc(COC(=O)NC(=N)c2ccc(O)cc2)cc1.